The van der Waals surface area contributed by atoms with Crippen LogP contribution in [-0.4, -0.2) is 34.6 Å². The van der Waals surface area contributed by atoms with E-state index in [4.69, 9.17) is 10.5 Å². The van der Waals surface area contributed by atoms with Crippen molar-refractivity contribution in [1.82, 2.24) is 4.90 Å². The Bertz CT molecular complexity index is 296. The second-order valence-electron chi connectivity index (χ2n) is 5.02. The molecule has 2 amide bonds. The van der Waals surface area contributed by atoms with Gasteiger partial charge in [-0.1, -0.05) is 0 Å². The smallest absolute Gasteiger partial charge is 0.411 e. The normalized spacial score (nSPS) is 25.7. The van der Waals surface area contributed by atoms with Crippen molar-refractivity contribution in [2.24, 2.45) is 5.73 Å². The van der Waals surface area contributed by atoms with E-state index in [0.717, 1.165) is 0 Å². The third kappa shape index (κ3) is 2.22. The fourth-order valence-electron chi connectivity index (χ4n) is 1.43. The number of nitrogens with two attached hydrogens (primary N) is 1. The first kappa shape index (κ1) is 11.8. The van der Waals surface area contributed by atoms with Gasteiger partial charge in [-0.25, -0.2) is 4.79 Å². The minimum Gasteiger partial charge on any atom is -0.444 e. The highest BCUT2D eigenvalue weighted by molar-refractivity contribution is 5.90. The van der Waals surface area contributed by atoms with Crippen LogP contribution in [-0.2, 0) is 9.53 Å². The van der Waals surface area contributed by atoms with Crippen LogP contribution in [0.25, 0.3) is 0 Å². The molecule has 86 valence electrons. The third-order valence-electron chi connectivity index (χ3n) is 2.56. The average molecular weight is 214 g/mol. The van der Waals surface area contributed by atoms with Crippen molar-refractivity contribution in [2.45, 2.75) is 45.3 Å². The standard InChI is InChI=1S/C10H18N2O3/c1-9(2,3)15-8(14)12-6-5-10(12,4)7(11)13/h5-6H2,1-4H3,(H2,11,13)/t10-/m1/s1. The van der Waals surface area contributed by atoms with Crippen LogP contribution < -0.4 is 5.73 Å². The van der Waals surface area contributed by atoms with E-state index in [2.05, 4.69) is 0 Å². The molecule has 0 bridgehead atoms. The number of primary amides is 1. The highest BCUT2D eigenvalue weighted by Gasteiger charge is 2.49. The van der Waals surface area contributed by atoms with Crippen LogP contribution in [0.5, 0.6) is 0 Å². The SMILES string of the molecule is CC(C)(C)OC(=O)N1CC[C@]1(C)C(N)=O. The molecule has 0 aromatic carbocycles. The summed E-state index contributed by atoms with van der Waals surface area (Å²) < 4.78 is 5.17. The van der Waals surface area contributed by atoms with Gasteiger partial charge in [0.15, 0.2) is 0 Å². The molecule has 1 aliphatic rings. The molecule has 2 N–H and O–H groups in total. The predicted octanol–water partition coefficient (Wildman–Crippen LogP) is 0.871. The summed E-state index contributed by atoms with van der Waals surface area (Å²) in [5.74, 6) is -0.486. The molecule has 0 aliphatic carbocycles. The molecule has 1 atom stereocenters. The van der Waals surface area contributed by atoms with Gasteiger partial charge in [0.2, 0.25) is 5.91 Å². The van der Waals surface area contributed by atoms with Gasteiger partial charge in [0.1, 0.15) is 11.1 Å². The van der Waals surface area contributed by atoms with E-state index < -0.39 is 23.1 Å². The molecule has 0 radical (unpaired) electrons. The van der Waals surface area contributed by atoms with Crippen LogP contribution in [0.15, 0.2) is 0 Å². The molecule has 0 spiro atoms. The topological polar surface area (TPSA) is 72.6 Å². The molecule has 1 heterocycles. The van der Waals surface area contributed by atoms with E-state index in [1.54, 1.807) is 27.7 Å². The third-order valence-corrected chi connectivity index (χ3v) is 2.56. The van der Waals surface area contributed by atoms with Crippen molar-refractivity contribution in [3.05, 3.63) is 0 Å². The fourth-order valence-corrected chi connectivity index (χ4v) is 1.43. The summed E-state index contributed by atoms with van der Waals surface area (Å²) in [6, 6.07) is 0. The predicted molar refractivity (Wildman–Crippen MR) is 55.2 cm³/mol. The Hall–Kier alpha value is -1.26. The largest absolute Gasteiger partial charge is 0.444 e. The molecule has 5 nitrogen and oxygen atoms in total. The van der Waals surface area contributed by atoms with Gasteiger partial charge in [-0.3, -0.25) is 9.69 Å². The van der Waals surface area contributed by atoms with Crippen molar-refractivity contribution >= 4 is 12.0 Å². The molecule has 1 saturated heterocycles. The monoisotopic (exact) mass is 214 g/mol. The lowest BCUT2D eigenvalue weighted by molar-refractivity contribution is -0.136. The molecule has 0 unspecified atom stereocenters. The molecule has 0 aromatic heterocycles. The van der Waals surface area contributed by atoms with E-state index in [-0.39, 0.29) is 0 Å². The number of carbonyl (C=O) groups excluding carboxylic acids is 2. The molecule has 0 aromatic rings. The zero-order chi connectivity index (χ0) is 11.9. The van der Waals surface area contributed by atoms with E-state index in [9.17, 15) is 9.59 Å². The zero-order valence-corrected chi connectivity index (χ0v) is 9.66. The Balaban J connectivity index is 2.67. The van der Waals surface area contributed by atoms with Crippen LogP contribution in [0.2, 0.25) is 0 Å². The molecule has 1 aliphatic heterocycles. The van der Waals surface area contributed by atoms with E-state index in [1.807, 2.05) is 0 Å². The molecule has 1 fully saturated rings. The number of hydrogen-bond acceptors (Lipinski definition) is 3. The van der Waals surface area contributed by atoms with E-state index in [1.165, 1.54) is 4.90 Å². The van der Waals surface area contributed by atoms with Gasteiger partial charge in [0, 0.05) is 6.54 Å². The summed E-state index contributed by atoms with van der Waals surface area (Å²) in [5, 5.41) is 0. The van der Waals surface area contributed by atoms with Crippen LogP contribution in [0.3, 0.4) is 0 Å². The van der Waals surface area contributed by atoms with Gasteiger partial charge in [0.25, 0.3) is 0 Å². The maximum absolute atomic E-state index is 11.7. The fraction of sp³-hybridized carbons (Fsp3) is 0.800. The maximum Gasteiger partial charge on any atom is 0.411 e. The summed E-state index contributed by atoms with van der Waals surface area (Å²) >= 11 is 0. The zero-order valence-electron chi connectivity index (χ0n) is 9.66. The Morgan fingerprint density at radius 2 is 1.93 bits per heavy atom. The van der Waals surface area contributed by atoms with Gasteiger partial charge in [-0.05, 0) is 34.1 Å². The number of carbonyl (C=O) groups is 2. The van der Waals surface area contributed by atoms with Crippen LogP contribution >= 0.6 is 0 Å². The van der Waals surface area contributed by atoms with Crippen molar-refractivity contribution < 1.29 is 14.3 Å². The minimum atomic E-state index is -0.873. The van der Waals surface area contributed by atoms with Gasteiger partial charge < -0.3 is 10.5 Å². The number of hydrogen-bond donors (Lipinski definition) is 1. The van der Waals surface area contributed by atoms with Crippen molar-refractivity contribution in [3.8, 4) is 0 Å². The first-order valence-electron chi connectivity index (χ1n) is 4.97. The van der Waals surface area contributed by atoms with Crippen LogP contribution in [0.4, 0.5) is 4.79 Å². The van der Waals surface area contributed by atoms with Gasteiger partial charge in [-0.2, -0.15) is 0 Å². The Kier molecular flexibility index (Phi) is 2.67. The summed E-state index contributed by atoms with van der Waals surface area (Å²) in [7, 11) is 0. The second kappa shape index (κ2) is 3.40. The lowest BCUT2D eigenvalue weighted by Crippen LogP contribution is -2.67. The first-order valence-corrected chi connectivity index (χ1v) is 4.97. The van der Waals surface area contributed by atoms with Crippen LogP contribution in [0.1, 0.15) is 34.1 Å². The number of likely N-dealkylation sites (tertiary alicyclic amines) is 1. The van der Waals surface area contributed by atoms with E-state index in [0.29, 0.717) is 13.0 Å². The molecular weight excluding hydrogens is 196 g/mol. The van der Waals surface area contributed by atoms with Crippen molar-refractivity contribution in [1.29, 1.82) is 0 Å². The van der Waals surface area contributed by atoms with E-state index >= 15 is 0 Å². The van der Waals surface area contributed by atoms with Crippen molar-refractivity contribution in [2.75, 3.05) is 6.54 Å². The summed E-state index contributed by atoms with van der Waals surface area (Å²) in [5.41, 5.74) is 3.81. The van der Waals surface area contributed by atoms with Crippen molar-refractivity contribution in [3.63, 3.8) is 0 Å². The van der Waals surface area contributed by atoms with Gasteiger partial charge in [0.05, 0.1) is 0 Å². The van der Waals surface area contributed by atoms with Gasteiger partial charge in [-0.15, -0.1) is 0 Å². The molecule has 5 heteroatoms. The molecule has 0 saturated carbocycles. The van der Waals surface area contributed by atoms with Crippen LogP contribution in [0, 0.1) is 0 Å². The lowest BCUT2D eigenvalue weighted by Gasteiger charge is -2.47. The number of nitrogens with zero attached hydrogens (tertiary/aromatic N) is 1. The summed E-state index contributed by atoms with van der Waals surface area (Å²) in [4.78, 5) is 24.2. The molecular formula is C10H18N2O3. The first-order chi connectivity index (χ1) is 6.67. The summed E-state index contributed by atoms with van der Waals surface area (Å²) in [6.45, 7) is 7.53. The number of amides is 2. The number of rotatable bonds is 1. The highest BCUT2D eigenvalue weighted by Crippen LogP contribution is 2.31. The Morgan fingerprint density at radius 3 is 2.20 bits per heavy atom. The molecule has 1 rings (SSSR count). The van der Waals surface area contributed by atoms with Gasteiger partial charge >= 0.3 is 6.09 Å². The Labute approximate surface area is 89.6 Å². The maximum atomic E-state index is 11.7. The number of ether oxygens (including phenoxy) is 1. The summed E-state index contributed by atoms with van der Waals surface area (Å²) in [6.07, 6.45) is 0.122. The molecule has 15 heavy (non-hydrogen) atoms. The lowest BCUT2D eigenvalue weighted by atomic mass is 9.86. The Morgan fingerprint density at radius 1 is 1.40 bits per heavy atom. The minimum absolute atomic E-state index is 0.477. The average Bonchev–Trinajstić information content (AvgIpc) is 1.96. The quantitative estimate of drug-likeness (QED) is 0.704. The highest BCUT2D eigenvalue weighted by atomic mass is 16.6. The second-order valence-corrected chi connectivity index (χ2v) is 5.02.